The van der Waals surface area contributed by atoms with Crippen molar-refractivity contribution in [2.75, 3.05) is 0 Å². The molecule has 1 aromatic rings. The van der Waals surface area contributed by atoms with Crippen LogP contribution in [0.5, 0.6) is 0 Å². The average Bonchev–Trinajstić information content (AvgIpc) is 2.34. The molecule has 0 aliphatic rings. The summed E-state index contributed by atoms with van der Waals surface area (Å²) in [5.41, 5.74) is 0.611. The van der Waals surface area contributed by atoms with E-state index in [0.717, 1.165) is 11.3 Å². The zero-order chi connectivity index (χ0) is 9.14. The highest BCUT2D eigenvalue weighted by Crippen LogP contribution is 2.17. The molecule has 1 heterocycles. The van der Waals surface area contributed by atoms with Crippen LogP contribution in [0.1, 0.15) is 15.2 Å². The smallest absolute Gasteiger partial charge is 0.262 e. The Morgan fingerprint density at radius 2 is 2.25 bits per heavy atom. The van der Waals surface area contributed by atoms with Crippen molar-refractivity contribution in [3.8, 4) is 0 Å². The first-order valence-corrected chi connectivity index (χ1v) is 5.60. The molecule has 0 radical (unpaired) electrons. The number of thiol groups is 1. The second kappa shape index (κ2) is 4.02. The first-order valence-electron chi connectivity index (χ1n) is 2.98. The van der Waals surface area contributed by atoms with E-state index in [1.54, 1.807) is 5.38 Å². The summed E-state index contributed by atoms with van der Waals surface area (Å²) in [4.78, 5) is 10.9. The van der Waals surface area contributed by atoms with Crippen molar-refractivity contribution in [2.24, 2.45) is 0 Å². The van der Waals surface area contributed by atoms with Gasteiger partial charge >= 0.3 is 0 Å². The van der Waals surface area contributed by atoms with Crippen LogP contribution in [0.2, 0.25) is 0 Å². The van der Waals surface area contributed by atoms with Gasteiger partial charge in [-0.15, -0.1) is 11.3 Å². The normalized spacial score (nSPS) is 10.5. The summed E-state index contributed by atoms with van der Waals surface area (Å²) in [5.74, 6) is -0.0317. The molecule has 0 N–H and O–H groups in total. The molecule has 6 heteroatoms. The standard InChI is InChI=1S/C6H5ClO3S2/c7-6(8)5-1-4(2-11-5)3-12(9)10/h1-2,12H,3H2. The zero-order valence-corrected chi connectivity index (χ0v) is 8.29. The van der Waals surface area contributed by atoms with Gasteiger partial charge in [-0.3, -0.25) is 4.79 Å². The molecule has 0 saturated heterocycles. The maximum Gasteiger partial charge on any atom is 0.262 e. The van der Waals surface area contributed by atoms with Gasteiger partial charge in [0.15, 0.2) is 0 Å². The maximum absolute atomic E-state index is 10.6. The highest BCUT2D eigenvalue weighted by molar-refractivity contribution is 7.71. The minimum atomic E-state index is -2.43. The van der Waals surface area contributed by atoms with Gasteiger partial charge in [-0.1, -0.05) is 0 Å². The Kier molecular flexibility index (Phi) is 3.25. The van der Waals surface area contributed by atoms with E-state index in [0.29, 0.717) is 10.4 Å². The van der Waals surface area contributed by atoms with E-state index in [-0.39, 0.29) is 5.75 Å². The van der Waals surface area contributed by atoms with Crippen LogP contribution in [0.4, 0.5) is 0 Å². The molecule has 0 atom stereocenters. The Labute approximate surface area is 79.9 Å². The summed E-state index contributed by atoms with van der Waals surface area (Å²) >= 11 is 6.32. The van der Waals surface area contributed by atoms with Gasteiger partial charge in [0.1, 0.15) is 10.7 Å². The molecule has 0 saturated carbocycles. The predicted molar refractivity (Wildman–Crippen MR) is 48.5 cm³/mol. The van der Waals surface area contributed by atoms with Gasteiger partial charge in [0, 0.05) is 0 Å². The molecule has 1 aromatic heterocycles. The number of hydrogen-bond donors (Lipinski definition) is 1. The lowest BCUT2D eigenvalue weighted by Gasteiger charge is -1.83. The van der Waals surface area contributed by atoms with Crippen molar-refractivity contribution >= 4 is 38.9 Å². The molecular formula is C6H5ClO3S2. The quantitative estimate of drug-likeness (QED) is 0.621. The molecule has 0 aromatic carbocycles. The van der Waals surface area contributed by atoms with Gasteiger partial charge < -0.3 is 0 Å². The minimum Gasteiger partial charge on any atom is -0.275 e. The molecule has 1 rings (SSSR count). The van der Waals surface area contributed by atoms with Crippen molar-refractivity contribution < 1.29 is 13.2 Å². The molecule has 0 aliphatic heterocycles. The molecular weight excluding hydrogens is 220 g/mol. The number of halogens is 1. The van der Waals surface area contributed by atoms with Gasteiger partial charge in [0.25, 0.3) is 5.24 Å². The summed E-state index contributed by atoms with van der Waals surface area (Å²) in [5, 5.41) is 1.06. The second-order valence-electron chi connectivity index (χ2n) is 2.08. The Morgan fingerprint density at radius 1 is 1.58 bits per heavy atom. The van der Waals surface area contributed by atoms with Gasteiger partial charge in [0.2, 0.25) is 0 Å². The molecule has 3 nitrogen and oxygen atoms in total. The summed E-state index contributed by atoms with van der Waals surface area (Å²) in [7, 11) is -2.43. The van der Waals surface area contributed by atoms with Crippen molar-refractivity contribution in [3.63, 3.8) is 0 Å². The molecule has 12 heavy (non-hydrogen) atoms. The maximum atomic E-state index is 10.6. The predicted octanol–water partition coefficient (Wildman–Crippen LogP) is 1.24. The van der Waals surface area contributed by atoms with Crippen LogP contribution >= 0.6 is 22.9 Å². The topological polar surface area (TPSA) is 51.2 Å². The fraction of sp³-hybridized carbons (Fsp3) is 0.167. The molecule has 0 bridgehead atoms. The highest BCUT2D eigenvalue weighted by atomic mass is 35.5. The van der Waals surface area contributed by atoms with Gasteiger partial charge in [0.05, 0.1) is 10.6 Å². The van der Waals surface area contributed by atoms with E-state index in [4.69, 9.17) is 11.6 Å². The zero-order valence-electron chi connectivity index (χ0n) is 5.82. The number of rotatable bonds is 3. The first kappa shape index (κ1) is 9.70. The molecule has 0 fully saturated rings. The summed E-state index contributed by atoms with van der Waals surface area (Å²) in [6.45, 7) is 0. The lowest BCUT2D eigenvalue weighted by atomic mass is 10.3. The van der Waals surface area contributed by atoms with E-state index in [9.17, 15) is 13.2 Å². The SMILES string of the molecule is O=C(Cl)c1cc(C[SH](=O)=O)cs1. The first-order chi connectivity index (χ1) is 5.59. The number of carbonyl (C=O) groups excluding carboxylic acids is 1. The summed E-state index contributed by atoms with van der Waals surface area (Å²) < 4.78 is 20.5. The van der Waals surface area contributed by atoms with Crippen LogP contribution < -0.4 is 0 Å². The molecule has 0 unspecified atom stereocenters. The Morgan fingerprint density at radius 3 is 2.67 bits per heavy atom. The Balaban J connectivity index is 2.84. The number of carbonyl (C=O) groups is 1. The van der Waals surface area contributed by atoms with Gasteiger partial charge in [-0.25, -0.2) is 8.42 Å². The average molecular weight is 225 g/mol. The third-order valence-electron chi connectivity index (χ3n) is 1.16. The fourth-order valence-electron chi connectivity index (χ4n) is 0.711. The van der Waals surface area contributed by atoms with E-state index in [2.05, 4.69) is 0 Å². The van der Waals surface area contributed by atoms with Crippen LogP contribution in [0.25, 0.3) is 0 Å². The third kappa shape index (κ3) is 2.58. The van der Waals surface area contributed by atoms with Crippen molar-refractivity contribution in [1.29, 1.82) is 0 Å². The monoisotopic (exact) mass is 224 g/mol. The second-order valence-corrected chi connectivity index (χ2v) is 4.32. The summed E-state index contributed by atoms with van der Waals surface area (Å²) in [6.07, 6.45) is 0. The van der Waals surface area contributed by atoms with Crippen LogP contribution in [0.3, 0.4) is 0 Å². The van der Waals surface area contributed by atoms with Gasteiger partial charge in [-0.05, 0) is 28.6 Å². The fourth-order valence-corrected chi connectivity index (χ4v) is 2.24. The molecule has 0 spiro atoms. The van der Waals surface area contributed by atoms with Crippen molar-refractivity contribution in [2.45, 2.75) is 5.75 Å². The van der Waals surface area contributed by atoms with E-state index < -0.39 is 15.9 Å². The largest absolute Gasteiger partial charge is 0.275 e. The van der Waals surface area contributed by atoms with E-state index in [1.807, 2.05) is 0 Å². The van der Waals surface area contributed by atoms with Crippen LogP contribution in [-0.2, 0) is 16.5 Å². The third-order valence-corrected chi connectivity index (χ3v) is 3.08. The lowest BCUT2D eigenvalue weighted by molar-refractivity contribution is 0.108. The van der Waals surface area contributed by atoms with Crippen LogP contribution in [0.15, 0.2) is 11.4 Å². The number of thiophene rings is 1. The summed E-state index contributed by atoms with van der Waals surface area (Å²) in [6, 6.07) is 1.49. The van der Waals surface area contributed by atoms with E-state index >= 15 is 0 Å². The highest BCUT2D eigenvalue weighted by Gasteiger charge is 2.05. The van der Waals surface area contributed by atoms with Gasteiger partial charge in [-0.2, -0.15) is 0 Å². The van der Waals surface area contributed by atoms with Crippen molar-refractivity contribution in [3.05, 3.63) is 21.9 Å². The lowest BCUT2D eigenvalue weighted by Crippen LogP contribution is -1.84. The molecule has 0 aliphatic carbocycles. The van der Waals surface area contributed by atoms with Crippen molar-refractivity contribution in [1.82, 2.24) is 0 Å². The number of hydrogen-bond acceptors (Lipinski definition) is 4. The Hall–Kier alpha value is -0.390. The molecule has 66 valence electrons. The Bertz CT molecular complexity index is 359. The van der Waals surface area contributed by atoms with Crippen LogP contribution in [-0.4, -0.2) is 13.7 Å². The minimum absolute atomic E-state index is 0.0317. The molecule has 0 amide bonds. The van der Waals surface area contributed by atoms with Crippen LogP contribution in [0, 0.1) is 0 Å². The van der Waals surface area contributed by atoms with E-state index in [1.165, 1.54) is 6.07 Å².